The van der Waals surface area contributed by atoms with Crippen molar-refractivity contribution in [3.05, 3.63) is 29.8 Å². The van der Waals surface area contributed by atoms with Crippen LogP contribution in [-0.4, -0.2) is 41.5 Å². The van der Waals surface area contributed by atoms with Gasteiger partial charge in [0.1, 0.15) is 0 Å². The van der Waals surface area contributed by atoms with E-state index >= 15 is 0 Å². The maximum Gasteiger partial charge on any atom is 0.313 e. The van der Waals surface area contributed by atoms with E-state index in [-0.39, 0.29) is 12.5 Å². The molecule has 5 nitrogen and oxygen atoms in total. The first-order chi connectivity index (χ1) is 10.1. The number of hydrogen-bond acceptors (Lipinski definition) is 3. The van der Waals surface area contributed by atoms with Gasteiger partial charge in [-0.15, -0.1) is 0 Å². The van der Waals surface area contributed by atoms with Gasteiger partial charge in [0.05, 0.1) is 0 Å². The predicted molar refractivity (Wildman–Crippen MR) is 80.8 cm³/mol. The smallest absolute Gasteiger partial charge is 0.313 e. The molecule has 0 saturated carbocycles. The lowest BCUT2D eigenvalue weighted by Crippen LogP contribution is -2.45. The van der Waals surface area contributed by atoms with Crippen LogP contribution in [0.1, 0.15) is 25.3 Å². The highest BCUT2D eigenvalue weighted by molar-refractivity contribution is 6.39. The fourth-order valence-corrected chi connectivity index (χ4v) is 2.55. The molecule has 1 heterocycles. The van der Waals surface area contributed by atoms with Crippen molar-refractivity contribution in [3.63, 3.8) is 0 Å². The zero-order chi connectivity index (χ0) is 15.2. The fraction of sp³-hybridized carbons (Fsp3) is 0.500. The molecule has 114 valence electrons. The first-order valence-corrected chi connectivity index (χ1v) is 7.44. The van der Waals surface area contributed by atoms with Crippen LogP contribution in [0.2, 0.25) is 0 Å². The lowest BCUT2D eigenvalue weighted by molar-refractivity contribution is -0.144. The summed E-state index contributed by atoms with van der Waals surface area (Å²) in [5, 5.41) is 11.8. The first kappa shape index (κ1) is 15.5. The third kappa shape index (κ3) is 4.04. The van der Waals surface area contributed by atoms with Crippen LogP contribution in [0.15, 0.2) is 24.3 Å². The zero-order valence-corrected chi connectivity index (χ0v) is 12.3. The van der Waals surface area contributed by atoms with Crippen molar-refractivity contribution in [2.45, 2.75) is 26.2 Å². The van der Waals surface area contributed by atoms with Gasteiger partial charge in [-0.3, -0.25) is 9.59 Å². The Hall–Kier alpha value is -1.88. The van der Waals surface area contributed by atoms with Crippen molar-refractivity contribution >= 4 is 17.5 Å². The molecular weight excluding hydrogens is 268 g/mol. The molecular formula is C16H22N2O3. The Morgan fingerprint density at radius 2 is 2.05 bits per heavy atom. The maximum atomic E-state index is 12.1. The highest BCUT2D eigenvalue weighted by Crippen LogP contribution is 2.16. The number of aliphatic hydroxyl groups is 1. The minimum atomic E-state index is -0.613. The van der Waals surface area contributed by atoms with Crippen LogP contribution < -0.4 is 5.32 Å². The maximum absolute atomic E-state index is 12.1. The molecule has 0 spiro atoms. The largest absolute Gasteiger partial charge is 0.396 e. The Balaban J connectivity index is 1.93. The van der Waals surface area contributed by atoms with E-state index in [4.69, 9.17) is 0 Å². The number of aliphatic hydroxyl groups excluding tert-OH is 1. The summed E-state index contributed by atoms with van der Waals surface area (Å²) in [5.41, 5.74) is 1.81. The second kappa shape index (κ2) is 7.22. The molecule has 21 heavy (non-hydrogen) atoms. The average molecular weight is 290 g/mol. The summed E-state index contributed by atoms with van der Waals surface area (Å²) in [6, 6.07) is 7.47. The molecule has 1 aromatic carbocycles. The summed E-state index contributed by atoms with van der Waals surface area (Å²) in [6.45, 7) is 3.16. The van der Waals surface area contributed by atoms with E-state index in [0.717, 1.165) is 19.3 Å². The molecule has 1 aromatic rings. The lowest BCUT2D eigenvalue weighted by atomic mass is 9.99. The monoisotopic (exact) mass is 290 g/mol. The number of nitrogens with one attached hydrogen (secondary N) is 1. The van der Waals surface area contributed by atoms with Crippen molar-refractivity contribution in [1.29, 1.82) is 0 Å². The normalized spacial score (nSPS) is 18.4. The number of anilines is 1. The van der Waals surface area contributed by atoms with Gasteiger partial charge in [0.15, 0.2) is 0 Å². The first-order valence-electron chi connectivity index (χ1n) is 7.44. The number of piperidine rings is 1. The van der Waals surface area contributed by atoms with Crippen molar-refractivity contribution in [1.82, 2.24) is 4.90 Å². The summed E-state index contributed by atoms with van der Waals surface area (Å²) < 4.78 is 0. The van der Waals surface area contributed by atoms with Gasteiger partial charge in [-0.05, 0) is 42.9 Å². The zero-order valence-electron chi connectivity index (χ0n) is 12.3. The van der Waals surface area contributed by atoms with Crippen LogP contribution in [0.3, 0.4) is 0 Å². The summed E-state index contributed by atoms with van der Waals surface area (Å²) >= 11 is 0. The standard InChI is InChI=1S/C16H22N2O3/c1-2-12-5-7-14(8-6-12)17-15(20)16(21)18-9-3-4-13(10-18)11-19/h5-8,13,19H,2-4,9-11H2,1H3,(H,17,20). The van der Waals surface area contributed by atoms with Crippen molar-refractivity contribution < 1.29 is 14.7 Å². The third-order valence-electron chi connectivity index (χ3n) is 3.88. The molecule has 2 rings (SSSR count). The Morgan fingerprint density at radius 3 is 2.67 bits per heavy atom. The summed E-state index contributed by atoms with van der Waals surface area (Å²) in [4.78, 5) is 25.6. The number of carbonyl (C=O) groups excluding carboxylic acids is 2. The topological polar surface area (TPSA) is 69.6 Å². The van der Waals surface area contributed by atoms with Crippen LogP contribution >= 0.6 is 0 Å². The molecule has 1 unspecified atom stereocenters. The molecule has 1 aliphatic rings. The summed E-state index contributed by atoms with van der Waals surface area (Å²) in [5.74, 6) is -1.05. The quantitative estimate of drug-likeness (QED) is 0.827. The van der Waals surface area contributed by atoms with E-state index in [1.165, 1.54) is 10.5 Å². The van der Waals surface area contributed by atoms with Gasteiger partial charge in [0.2, 0.25) is 0 Å². The van der Waals surface area contributed by atoms with Crippen LogP contribution in [0.4, 0.5) is 5.69 Å². The molecule has 0 aromatic heterocycles. The number of nitrogens with zero attached hydrogens (tertiary/aromatic N) is 1. The summed E-state index contributed by atoms with van der Waals surface area (Å²) in [7, 11) is 0. The Kier molecular flexibility index (Phi) is 5.33. The van der Waals surface area contributed by atoms with Crippen LogP contribution in [-0.2, 0) is 16.0 Å². The number of carbonyl (C=O) groups is 2. The van der Waals surface area contributed by atoms with Gasteiger partial charge in [-0.25, -0.2) is 0 Å². The minimum Gasteiger partial charge on any atom is -0.396 e. The van der Waals surface area contributed by atoms with Gasteiger partial charge < -0.3 is 15.3 Å². The second-order valence-corrected chi connectivity index (χ2v) is 5.45. The molecule has 5 heteroatoms. The Labute approximate surface area is 125 Å². The van der Waals surface area contributed by atoms with Gasteiger partial charge in [0.25, 0.3) is 0 Å². The van der Waals surface area contributed by atoms with Crippen LogP contribution in [0, 0.1) is 5.92 Å². The minimum absolute atomic E-state index is 0.0594. The number of likely N-dealkylation sites (tertiary alicyclic amines) is 1. The molecule has 0 bridgehead atoms. The van der Waals surface area contributed by atoms with Gasteiger partial charge in [0, 0.05) is 25.4 Å². The van der Waals surface area contributed by atoms with E-state index in [1.54, 1.807) is 12.1 Å². The van der Waals surface area contributed by atoms with Crippen molar-refractivity contribution in [2.24, 2.45) is 5.92 Å². The predicted octanol–water partition coefficient (Wildman–Crippen LogP) is 1.42. The number of amides is 2. The second-order valence-electron chi connectivity index (χ2n) is 5.45. The highest BCUT2D eigenvalue weighted by atomic mass is 16.3. The Morgan fingerprint density at radius 1 is 1.33 bits per heavy atom. The Bertz CT molecular complexity index is 499. The van der Waals surface area contributed by atoms with Crippen LogP contribution in [0.25, 0.3) is 0 Å². The fourth-order valence-electron chi connectivity index (χ4n) is 2.55. The van der Waals surface area contributed by atoms with E-state index in [0.29, 0.717) is 18.8 Å². The SMILES string of the molecule is CCc1ccc(NC(=O)C(=O)N2CCCC(CO)C2)cc1. The molecule has 2 N–H and O–H groups in total. The number of hydrogen-bond donors (Lipinski definition) is 2. The molecule has 1 aliphatic heterocycles. The highest BCUT2D eigenvalue weighted by Gasteiger charge is 2.27. The van der Waals surface area contributed by atoms with Crippen LogP contribution in [0.5, 0.6) is 0 Å². The molecule has 1 atom stereocenters. The molecule has 2 amide bonds. The average Bonchev–Trinajstić information content (AvgIpc) is 2.54. The van der Waals surface area contributed by atoms with E-state index in [9.17, 15) is 14.7 Å². The van der Waals surface area contributed by atoms with Gasteiger partial charge in [-0.1, -0.05) is 19.1 Å². The van der Waals surface area contributed by atoms with E-state index in [2.05, 4.69) is 12.2 Å². The molecule has 0 aliphatic carbocycles. The van der Waals surface area contributed by atoms with Crippen molar-refractivity contribution in [2.75, 3.05) is 25.0 Å². The van der Waals surface area contributed by atoms with Gasteiger partial charge >= 0.3 is 11.8 Å². The van der Waals surface area contributed by atoms with E-state index in [1.807, 2.05) is 12.1 Å². The number of rotatable bonds is 3. The van der Waals surface area contributed by atoms with Crippen molar-refractivity contribution in [3.8, 4) is 0 Å². The number of benzene rings is 1. The number of aryl methyl sites for hydroxylation is 1. The molecule has 1 fully saturated rings. The van der Waals surface area contributed by atoms with Gasteiger partial charge in [-0.2, -0.15) is 0 Å². The molecule has 0 radical (unpaired) electrons. The lowest BCUT2D eigenvalue weighted by Gasteiger charge is -2.31. The molecule has 1 saturated heterocycles. The summed E-state index contributed by atoms with van der Waals surface area (Å²) in [6.07, 6.45) is 2.67. The van der Waals surface area contributed by atoms with E-state index < -0.39 is 11.8 Å². The third-order valence-corrected chi connectivity index (χ3v) is 3.88.